The fourth-order valence-corrected chi connectivity index (χ4v) is 2.15. The maximum absolute atomic E-state index is 12.0. The van der Waals surface area contributed by atoms with Crippen LogP contribution in [0.1, 0.15) is 29.4 Å². The zero-order valence-corrected chi connectivity index (χ0v) is 10.9. The van der Waals surface area contributed by atoms with Gasteiger partial charge >= 0.3 is 0 Å². The second kappa shape index (κ2) is 4.70. The lowest BCUT2D eigenvalue weighted by atomic mass is 9.96. The third kappa shape index (κ3) is 2.39. The Morgan fingerprint density at radius 2 is 2.50 bits per heavy atom. The summed E-state index contributed by atoms with van der Waals surface area (Å²) in [6.07, 6.45) is 1.96. The number of carbonyl (C=O) groups excluding carboxylic acids is 1. The molecule has 1 aliphatic rings. The second-order valence-corrected chi connectivity index (χ2v) is 4.85. The topological polar surface area (TPSA) is 76.4 Å². The molecule has 2 N–H and O–H groups in total. The van der Waals surface area contributed by atoms with E-state index in [0.717, 1.165) is 0 Å². The van der Waals surface area contributed by atoms with Gasteiger partial charge in [0.2, 0.25) is 0 Å². The van der Waals surface area contributed by atoms with E-state index in [0.29, 0.717) is 24.3 Å². The van der Waals surface area contributed by atoms with Crippen molar-refractivity contribution >= 4 is 5.91 Å². The standard InChI is InChI=1S/C12H19N3O3/c1-8-10(6-15(3)14-8)11(16)13-7-12(17)4-5-18-9(12)2/h6,9,17H,4-5,7H2,1-3H3,(H,13,16). The first-order valence-corrected chi connectivity index (χ1v) is 6.05. The minimum absolute atomic E-state index is 0.196. The first-order chi connectivity index (χ1) is 8.42. The minimum atomic E-state index is -0.966. The van der Waals surface area contributed by atoms with Gasteiger partial charge in [0.15, 0.2) is 0 Å². The largest absolute Gasteiger partial charge is 0.385 e. The molecule has 1 aliphatic heterocycles. The maximum Gasteiger partial charge on any atom is 0.254 e. The summed E-state index contributed by atoms with van der Waals surface area (Å²) in [6, 6.07) is 0. The van der Waals surface area contributed by atoms with Crippen LogP contribution >= 0.6 is 0 Å². The minimum Gasteiger partial charge on any atom is -0.385 e. The summed E-state index contributed by atoms with van der Waals surface area (Å²) in [5.41, 5.74) is 0.247. The molecule has 0 aromatic carbocycles. The van der Waals surface area contributed by atoms with E-state index >= 15 is 0 Å². The van der Waals surface area contributed by atoms with Gasteiger partial charge in [0.1, 0.15) is 5.60 Å². The fraction of sp³-hybridized carbons (Fsp3) is 0.667. The highest BCUT2D eigenvalue weighted by Gasteiger charge is 2.39. The summed E-state index contributed by atoms with van der Waals surface area (Å²) < 4.78 is 6.91. The van der Waals surface area contributed by atoms with Crippen molar-refractivity contribution in [1.82, 2.24) is 15.1 Å². The normalized spacial score (nSPS) is 27.4. The van der Waals surface area contributed by atoms with Gasteiger partial charge in [-0.3, -0.25) is 9.48 Å². The van der Waals surface area contributed by atoms with Crippen molar-refractivity contribution in [3.05, 3.63) is 17.5 Å². The monoisotopic (exact) mass is 253 g/mol. The average molecular weight is 253 g/mol. The Kier molecular flexibility index (Phi) is 3.41. The van der Waals surface area contributed by atoms with E-state index in [1.165, 1.54) is 0 Å². The Balaban J connectivity index is 1.98. The van der Waals surface area contributed by atoms with E-state index in [-0.39, 0.29) is 18.6 Å². The molecule has 2 atom stereocenters. The number of hydrogen-bond donors (Lipinski definition) is 2. The van der Waals surface area contributed by atoms with E-state index in [4.69, 9.17) is 4.74 Å². The number of rotatable bonds is 3. The Morgan fingerprint density at radius 3 is 3.00 bits per heavy atom. The zero-order chi connectivity index (χ0) is 13.3. The van der Waals surface area contributed by atoms with Crippen molar-refractivity contribution < 1.29 is 14.6 Å². The maximum atomic E-state index is 12.0. The van der Waals surface area contributed by atoms with Crippen LogP contribution < -0.4 is 5.32 Å². The average Bonchev–Trinajstić information content (AvgIpc) is 2.80. The van der Waals surface area contributed by atoms with E-state index in [2.05, 4.69) is 10.4 Å². The summed E-state index contributed by atoms with van der Waals surface area (Å²) in [5, 5.41) is 17.1. The molecular weight excluding hydrogens is 234 g/mol. The number of hydrogen-bond acceptors (Lipinski definition) is 4. The van der Waals surface area contributed by atoms with Crippen LogP contribution in [0.15, 0.2) is 6.20 Å². The Bertz CT molecular complexity index is 457. The molecule has 1 aromatic heterocycles. The van der Waals surface area contributed by atoms with E-state index in [1.54, 1.807) is 24.9 Å². The van der Waals surface area contributed by atoms with Crippen LogP contribution in [-0.4, -0.2) is 45.7 Å². The first kappa shape index (κ1) is 13.0. The van der Waals surface area contributed by atoms with Crippen LogP contribution in [0.3, 0.4) is 0 Å². The van der Waals surface area contributed by atoms with Gasteiger partial charge in [0.25, 0.3) is 5.91 Å². The molecule has 0 aliphatic carbocycles. The highest BCUT2D eigenvalue weighted by atomic mass is 16.5. The molecule has 0 radical (unpaired) electrons. The summed E-state index contributed by atoms with van der Waals surface area (Å²) in [4.78, 5) is 12.0. The number of ether oxygens (including phenoxy) is 1. The predicted molar refractivity (Wildman–Crippen MR) is 65.3 cm³/mol. The number of aliphatic hydroxyl groups is 1. The van der Waals surface area contributed by atoms with Gasteiger partial charge in [-0.1, -0.05) is 0 Å². The van der Waals surface area contributed by atoms with E-state index in [1.807, 2.05) is 6.92 Å². The van der Waals surface area contributed by atoms with Gasteiger partial charge in [-0.15, -0.1) is 0 Å². The quantitative estimate of drug-likeness (QED) is 0.795. The molecule has 2 heterocycles. The lowest BCUT2D eigenvalue weighted by molar-refractivity contribution is -0.0251. The summed E-state index contributed by atoms with van der Waals surface area (Å²) in [5.74, 6) is -0.215. The van der Waals surface area contributed by atoms with Crippen LogP contribution in [0.4, 0.5) is 0 Å². The molecule has 1 saturated heterocycles. The van der Waals surface area contributed by atoms with Crippen LogP contribution in [0.25, 0.3) is 0 Å². The molecule has 1 aromatic rings. The van der Waals surface area contributed by atoms with Crippen molar-refractivity contribution in [2.75, 3.05) is 13.2 Å². The number of amides is 1. The lowest BCUT2D eigenvalue weighted by Crippen LogP contribution is -2.47. The molecule has 100 valence electrons. The molecule has 6 heteroatoms. The second-order valence-electron chi connectivity index (χ2n) is 4.85. The molecule has 6 nitrogen and oxygen atoms in total. The van der Waals surface area contributed by atoms with Gasteiger partial charge in [-0.25, -0.2) is 0 Å². The van der Waals surface area contributed by atoms with Gasteiger partial charge in [0, 0.05) is 32.8 Å². The lowest BCUT2D eigenvalue weighted by Gasteiger charge is -2.26. The number of carbonyl (C=O) groups is 1. The Morgan fingerprint density at radius 1 is 1.78 bits per heavy atom. The predicted octanol–water partition coefficient (Wildman–Crippen LogP) is -0.00178. The smallest absolute Gasteiger partial charge is 0.254 e. The molecule has 0 spiro atoms. The van der Waals surface area contributed by atoms with Crippen molar-refractivity contribution in [2.45, 2.75) is 32.0 Å². The molecule has 1 fully saturated rings. The summed E-state index contributed by atoms with van der Waals surface area (Å²) >= 11 is 0. The highest BCUT2D eigenvalue weighted by molar-refractivity contribution is 5.95. The molecule has 0 saturated carbocycles. The summed E-state index contributed by atoms with van der Waals surface area (Å²) in [7, 11) is 1.77. The van der Waals surface area contributed by atoms with Crippen LogP contribution in [0.5, 0.6) is 0 Å². The molecule has 0 bridgehead atoms. The number of nitrogens with zero attached hydrogens (tertiary/aromatic N) is 2. The Labute approximate surface area is 106 Å². The third-order valence-corrected chi connectivity index (χ3v) is 3.47. The van der Waals surface area contributed by atoms with Crippen molar-refractivity contribution in [3.8, 4) is 0 Å². The van der Waals surface area contributed by atoms with Crippen LogP contribution in [0, 0.1) is 6.92 Å². The van der Waals surface area contributed by atoms with Crippen LogP contribution in [0.2, 0.25) is 0 Å². The number of nitrogens with one attached hydrogen (secondary N) is 1. The fourth-order valence-electron chi connectivity index (χ4n) is 2.15. The van der Waals surface area contributed by atoms with Gasteiger partial charge < -0.3 is 15.2 Å². The zero-order valence-electron chi connectivity index (χ0n) is 10.9. The van der Waals surface area contributed by atoms with E-state index < -0.39 is 5.60 Å². The molecular formula is C12H19N3O3. The van der Waals surface area contributed by atoms with Crippen molar-refractivity contribution in [3.63, 3.8) is 0 Å². The molecule has 2 unspecified atom stereocenters. The number of aromatic nitrogens is 2. The highest BCUT2D eigenvalue weighted by Crippen LogP contribution is 2.24. The van der Waals surface area contributed by atoms with Gasteiger partial charge in [0.05, 0.1) is 17.4 Å². The Hall–Kier alpha value is -1.40. The van der Waals surface area contributed by atoms with E-state index in [9.17, 15) is 9.90 Å². The van der Waals surface area contributed by atoms with Crippen LogP contribution in [-0.2, 0) is 11.8 Å². The SMILES string of the molecule is Cc1nn(C)cc1C(=O)NCC1(O)CCOC1C. The molecule has 1 amide bonds. The number of aryl methyl sites for hydroxylation is 2. The summed E-state index contributed by atoms with van der Waals surface area (Å²) in [6.45, 7) is 4.32. The van der Waals surface area contributed by atoms with Crippen molar-refractivity contribution in [2.24, 2.45) is 7.05 Å². The van der Waals surface area contributed by atoms with Gasteiger partial charge in [-0.2, -0.15) is 5.10 Å². The van der Waals surface area contributed by atoms with Gasteiger partial charge in [-0.05, 0) is 13.8 Å². The molecule has 18 heavy (non-hydrogen) atoms. The van der Waals surface area contributed by atoms with Crippen molar-refractivity contribution in [1.29, 1.82) is 0 Å². The first-order valence-electron chi connectivity index (χ1n) is 6.05. The third-order valence-electron chi connectivity index (χ3n) is 3.47. The molecule has 2 rings (SSSR count).